The number of fused-ring (bicyclic) bond motifs is 8. The molecule has 7 aromatic rings. The van der Waals surface area contributed by atoms with Crippen LogP contribution in [0.25, 0.3) is 49.0 Å². The minimum Gasteiger partial charge on any atom is -0.305 e. The summed E-state index contributed by atoms with van der Waals surface area (Å²) in [7, 11) is 0. The number of rotatable bonds is 1. The summed E-state index contributed by atoms with van der Waals surface area (Å²) in [6.45, 7) is 10.7. The number of benzene rings is 7. The Balaban J connectivity index is 0.000000226. The van der Waals surface area contributed by atoms with Gasteiger partial charge < -0.3 is 5.84 Å². The first-order valence-electron chi connectivity index (χ1n) is 16.2. The molecule has 0 aromatic heterocycles. The SMILES string of the molecule is C=C1/C=C\C=C/Sc2c1ccc1c3ccccc3c3cc(-c4cccc(C)c4)ccc3c21.Cc1ccccc1.Cc1ccccc1.N=NN. The molecule has 0 amide bonds. The number of nitrogens with two attached hydrogens (primary N) is 1. The number of nitrogens with zero attached hydrogens (tertiary/aromatic N) is 1. The number of allylic oxidation sites excluding steroid dienone is 4. The van der Waals surface area contributed by atoms with Gasteiger partial charge in [0, 0.05) is 10.3 Å². The minimum absolute atomic E-state index is 1.05. The normalized spacial score (nSPS) is 12.8. The van der Waals surface area contributed by atoms with Gasteiger partial charge in [0.05, 0.1) is 0 Å². The fourth-order valence-electron chi connectivity index (χ4n) is 5.87. The molecule has 1 aliphatic heterocycles. The van der Waals surface area contributed by atoms with E-state index in [9.17, 15) is 0 Å². The molecule has 0 saturated heterocycles. The topological polar surface area (TPSA) is 62.2 Å². The van der Waals surface area contributed by atoms with Gasteiger partial charge in [0.1, 0.15) is 0 Å². The third-order valence-electron chi connectivity index (χ3n) is 8.21. The first-order chi connectivity index (χ1) is 23.9. The molecular weight excluding hydrogens is 615 g/mol. The molecule has 7 aromatic carbocycles. The van der Waals surface area contributed by atoms with Gasteiger partial charge >= 0.3 is 0 Å². The van der Waals surface area contributed by atoms with Crippen LogP contribution in [0.2, 0.25) is 0 Å². The molecule has 0 aliphatic carbocycles. The van der Waals surface area contributed by atoms with Crippen LogP contribution >= 0.6 is 11.8 Å². The molecule has 49 heavy (non-hydrogen) atoms. The molecule has 0 fully saturated rings. The highest BCUT2D eigenvalue weighted by Gasteiger charge is 2.16. The van der Waals surface area contributed by atoms with Gasteiger partial charge in [-0.25, -0.2) is 0 Å². The molecule has 4 heteroatoms. The van der Waals surface area contributed by atoms with Gasteiger partial charge in [0.2, 0.25) is 0 Å². The van der Waals surface area contributed by atoms with E-state index in [0.717, 1.165) is 5.57 Å². The Morgan fingerprint density at radius 3 is 1.67 bits per heavy atom. The summed E-state index contributed by atoms with van der Waals surface area (Å²) in [5, 5.41) is 12.2. The molecule has 1 heterocycles. The Morgan fingerprint density at radius 2 is 1.08 bits per heavy atom. The van der Waals surface area contributed by atoms with E-state index >= 15 is 0 Å². The molecule has 242 valence electrons. The van der Waals surface area contributed by atoms with E-state index in [1.54, 1.807) is 11.8 Å². The lowest BCUT2D eigenvalue weighted by Crippen LogP contribution is -1.91. The molecule has 3 N–H and O–H groups in total. The van der Waals surface area contributed by atoms with Crippen molar-refractivity contribution >= 4 is 49.7 Å². The van der Waals surface area contributed by atoms with Crippen LogP contribution < -0.4 is 5.84 Å². The predicted molar refractivity (Wildman–Crippen MR) is 214 cm³/mol. The van der Waals surface area contributed by atoms with E-state index < -0.39 is 0 Å². The van der Waals surface area contributed by atoms with Gasteiger partial charge in [-0.2, -0.15) is 5.53 Å². The summed E-state index contributed by atoms with van der Waals surface area (Å²) >= 11 is 1.79. The molecule has 0 atom stereocenters. The lowest BCUT2D eigenvalue weighted by molar-refractivity contribution is 0.991. The summed E-state index contributed by atoms with van der Waals surface area (Å²) in [6, 6.07) is 49.5. The largest absolute Gasteiger partial charge is 0.305 e. The summed E-state index contributed by atoms with van der Waals surface area (Å²) in [5.41, 5.74) is 14.3. The van der Waals surface area contributed by atoms with Gasteiger partial charge in [-0.1, -0.05) is 192 Å². The van der Waals surface area contributed by atoms with Crippen LogP contribution in [0.15, 0.2) is 180 Å². The maximum absolute atomic E-state index is 5.61. The van der Waals surface area contributed by atoms with E-state index in [1.165, 1.54) is 70.6 Å². The second-order valence-electron chi connectivity index (χ2n) is 11.8. The van der Waals surface area contributed by atoms with Gasteiger partial charge in [0.25, 0.3) is 0 Å². The van der Waals surface area contributed by atoms with Crippen LogP contribution in [0.5, 0.6) is 0 Å². The number of aryl methyl sites for hydroxylation is 3. The van der Waals surface area contributed by atoms with Crippen molar-refractivity contribution < 1.29 is 0 Å². The molecular formula is C45H41N3S. The second kappa shape index (κ2) is 16.9. The highest BCUT2D eigenvalue weighted by Crippen LogP contribution is 2.44. The van der Waals surface area contributed by atoms with Crippen LogP contribution in [-0.4, -0.2) is 0 Å². The zero-order valence-electron chi connectivity index (χ0n) is 28.2. The van der Waals surface area contributed by atoms with Crippen molar-refractivity contribution in [2.45, 2.75) is 25.7 Å². The Labute approximate surface area is 294 Å². The van der Waals surface area contributed by atoms with Crippen molar-refractivity contribution in [1.29, 1.82) is 5.53 Å². The lowest BCUT2D eigenvalue weighted by atomic mass is 9.90. The smallest absolute Gasteiger partial charge is 0.0279 e. The zero-order valence-corrected chi connectivity index (χ0v) is 29.0. The van der Waals surface area contributed by atoms with Crippen molar-refractivity contribution in [3.05, 3.63) is 192 Å². The van der Waals surface area contributed by atoms with Crippen LogP contribution in [0.3, 0.4) is 0 Å². The third kappa shape index (κ3) is 8.61. The van der Waals surface area contributed by atoms with E-state index in [2.05, 4.69) is 165 Å². The maximum atomic E-state index is 5.61. The van der Waals surface area contributed by atoms with Gasteiger partial charge in [-0.05, 0) is 81.4 Å². The Kier molecular flexibility index (Phi) is 11.9. The summed E-state index contributed by atoms with van der Waals surface area (Å²) in [5.74, 6) is 4.14. The molecule has 0 radical (unpaired) electrons. The van der Waals surface area contributed by atoms with E-state index in [4.69, 9.17) is 5.53 Å². The molecule has 0 spiro atoms. The molecule has 8 rings (SSSR count). The summed E-state index contributed by atoms with van der Waals surface area (Å²) < 4.78 is 0. The highest BCUT2D eigenvalue weighted by molar-refractivity contribution is 8.02. The maximum Gasteiger partial charge on any atom is 0.0279 e. The fraction of sp³-hybridized carbons (Fsp3) is 0.0667. The van der Waals surface area contributed by atoms with Crippen molar-refractivity contribution in [2.75, 3.05) is 0 Å². The monoisotopic (exact) mass is 655 g/mol. The Morgan fingerprint density at radius 1 is 0.551 bits per heavy atom. The highest BCUT2D eigenvalue weighted by atomic mass is 32.2. The lowest BCUT2D eigenvalue weighted by Gasteiger charge is -2.18. The zero-order chi connectivity index (χ0) is 34.6. The van der Waals surface area contributed by atoms with E-state index in [1.807, 2.05) is 36.4 Å². The van der Waals surface area contributed by atoms with Gasteiger partial charge in [-0.15, -0.1) is 0 Å². The Bertz CT molecular complexity index is 2230. The average molecular weight is 656 g/mol. The van der Waals surface area contributed by atoms with E-state index in [0.29, 0.717) is 0 Å². The van der Waals surface area contributed by atoms with Crippen LogP contribution in [0.1, 0.15) is 22.3 Å². The number of hydrogen-bond donors (Lipinski definition) is 2. The van der Waals surface area contributed by atoms with E-state index in [-0.39, 0.29) is 0 Å². The molecule has 3 nitrogen and oxygen atoms in total. The minimum atomic E-state index is 1.05. The van der Waals surface area contributed by atoms with Crippen LogP contribution in [0, 0.1) is 26.3 Å². The van der Waals surface area contributed by atoms with Crippen LogP contribution in [-0.2, 0) is 0 Å². The fourth-order valence-corrected chi connectivity index (χ4v) is 6.84. The molecule has 0 unspecified atom stereocenters. The molecule has 0 bridgehead atoms. The number of thioether (sulfide) groups is 1. The van der Waals surface area contributed by atoms with Gasteiger partial charge in [0.15, 0.2) is 0 Å². The van der Waals surface area contributed by atoms with Crippen molar-refractivity contribution in [1.82, 2.24) is 0 Å². The van der Waals surface area contributed by atoms with Crippen molar-refractivity contribution in [3.8, 4) is 11.1 Å². The average Bonchev–Trinajstić information content (AvgIpc) is 3.12. The quantitative estimate of drug-likeness (QED) is 0.0800. The standard InChI is InChI=1S/C31H22S.2C7H8.H3N3/c1-20-8-7-10-22(18-20)23-13-14-28-29(19-23)26-12-4-3-11-25(26)27-16-15-24-21(2)9-5-6-17-32-31(24)30(27)28;2*1-7-5-3-2-4-6-7;1-3-2/h3-19H,2H2,1H3;2*2-6H,1H3;(H3,1,2)/b9-5-,17-6-;;;. The summed E-state index contributed by atoms with van der Waals surface area (Å²) in [6.07, 6.45) is 6.26. The number of hydrogen-bond acceptors (Lipinski definition) is 3. The number of nitrogens with one attached hydrogen (secondary N) is 1. The predicted octanol–water partition coefficient (Wildman–Crippen LogP) is 13.2. The summed E-state index contributed by atoms with van der Waals surface area (Å²) in [4.78, 5) is 1.28. The van der Waals surface area contributed by atoms with Crippen molar-refractivity contribution in [2.24, 2.45) is 11.1 Å². The molecule has 0 saturated carbocycles. The van der Waals surface area contributed by atoms with Gasteiger partial charge in [-0.3, -0.25) is 0 Å². The van der Waals surface area contributed by atoms with Crippen LogP contribution in [0.4, 0.5) is 0 Å². The first kappa shape index (κ1) is 34.6. The third-order valence-corrected chi connectivity index (χ3v) is 9.16. The molecule has 1 aliphatic rings. The van der Waals surface area contributed by atoms with Crippen molar-refractivity contribution in [3.63, 3.8) is 0 Å². The first-order valence-corrected chi connectivity index (χ1v) is 17.1. The Hall–Kier alpha value is -5.71. The second-order valence-corrected chi connectivity index (χ2v) is 12.7.